The molecule has 2 aromatic carbocycles. The van der Waals surface area contributed by atoms with Gasteiger partial charge >= 0.3 is 0 Å². The minimum absolute atomic E-state index is 0.0182. The summed E-state index contributed by atoms with van der Waals surface area (Å²) in [6.07, 6.45) is 1.51. The Balaban J connectivity index is 1.75. The molecule has 2 aromatic rings. The first-order valence-electron chi connectivity index (χ1n) is 9.92. The number of nitrogens with zero attached hydrogens (tertiary/aromatic N) is 2. The lowest BCUT2D eigenvalue weighted by molar-refractivity contribution is -0.112. The van der Waals surface area contributed by atoms with Crippen molar-refractivity contribution in [2.45, 2.75) is 6.92 Å². The summed E-state index contributed by atoms with van der Waals surface area (Å²) in [5.41, 5.74) is 2.31. The lowest BCUT2D eigenvalue weighted by atomic mass is 10.1. The number of nitriles is 1. The molecule has 1 saturated heterocycles. The summed E-state index contributed by atoms with van der Waals surface area (Å²) in [5.74, 6) is 0.606. The Kier molecular flexibility index (Phi) is 7.93. The molecule has 0 radical (unpaired) electrons. The number of rotatable bonds is 7. The zero-order valence-electron chi connectivity index (χ0n) is 17.5. The van der Waals surface area contributed by atoms with Gasteiger partial charge < -0.3 is 24.4 Å². The van der Waals surface area contributed by atoms with Crippen molar-refractivity contribution in [3.05, 3.63) is 52.0 Å². The Bertz CT molecular complexity index is 993. The summed E-state index contributed by atoms with van der Waals surface area (Å²) in [7, 11) is 1.54. The van der Waals surface area contributed by atoms with Crippen LogP contribution < -0.4 is 19.7 Å². The maximum Gasteiger partial charge on any atom is 0.266 e. The summed E-state index contributed by atoms with van der Waals surface area (Å²) < 4.78 is 17.0. The van der Waals surface area contributed by atoms with Crippen LogP contribution in [0.25, 0.3) is 6.08 Å². The van der Waals surface area contributed by atoms with Gasteiger partial charge in [0.2, 0.25) is 0 Å². The maximum absolute atomic E-state index is 12.6. The molecule has 7 nitrogen and oxygen atoms in total. The van der Waals surface area contributed by atoms with Crippen molar-refractivity contribution in [3.8, 4) is 17.6 Å². The molecular formula is C23H24BrN3O4. The van der Waals surface area contributed by atoms with E-state index < -0.39 is 5.91 Å². The van der Waals surface area contributed by atoms with E-state index in [1.807, 2.05) is 37.3 Å². The molecule has 31 heavy (non-hydrogen) atoms. The highest BCUT2D eigenvalue weighted by molar-refractivity contribution is 9.10. The van der Waals surface area contributed by atoms with E-state index in [0.29, 0.717) is 47.0 Å². The van der Waals surface area contributed by atoms with Crippen molar-refractivity contribution >= 4 is 39.3 Å². The molecule has 1 aliphatic heterocycles. The van der Waals surface area contributed by atoms with Crippen molar-refractivity contribution < 1.29 is 19.0 Å². The van der Waals surface area contributed by atoms with Crippen molar-refractivity contribution in [2.24, 2.45) is 0 Å². The molecule has 1 aliphatic rings. The normalized spacial score (nSPS) is 14.0. The van der Waals surface area contributed by atoms with Crippen molar-refractivity contribution in [1.82, 2.24) is 0 Å². The molecule has 0 aromatic heterocycles. The van der Waals surface area contributed by atoms with Crippen LogP contribution >= 0.6 is 15.9 Å². The number of amides is 1. The van der Waals surface area contributed by atoms with Gasteiger partial charge in [-0.25, -0.2) is 0 Å². The second kappa shape index (κ2) is 10.8. The van der Waals surface area contributed by atoms with Crippen LogP contribution in [0.1, 0.15) is 12.5 Å². The molecule has 0 spiro atoms. The van der Waals surface area contributed by atoms with Crippen LogP contribution in [0.5, 0.6) is 11.5 Å². The number of carbonyl (C=O) groups is 1. The fourth-order valence-corrected chi connectivity index (χ4v) is 3.77. The van der Waals surface area contributed by atoms with Crippen LogP contribution in [-0.2, 0) is 9.53 Å². The Hall–Kier alpha value is -3.02. The van der Waals surface area contributed by atoms with E-state index in [4.69, 9.17) is 14.2 Å². The van der Waals surface area contributed by atoms with Crippen LogP contribution in [0, 0.1) is 11.3 Å². The number of morpholine rings is 1. The highest BCUT2D eigenvalue weighted by Crippen LogP contribution is 2.37. The SMILES string of the molecule is CCOc1c(Br)cc(/C=C(\C#N)C(=O)Nc2ccc(N3CCOCC3)cc2)cc1OC. The fourth-order valence-electron chi connectivity index (χ4n) is 3.20. The molecule has 3 rings (SSSR count). The van der Waals surface area contributed by atoms with Crippen LogP contribution in [0.3, 0.4) is 0 Å². The first-order chi connectivity index (χ1) is 15.0. The quantitative estimate of drug-likeness (QED) is 0.466. The largest absolute Gasteiger partial charge is 0.493 e. The summed E-state index contributed by atoms with van der Waals surface area (Å²) in [6, 6.07) is 13.0. The average Bonchev–Trinajstić information content (AvgIpc) is 2.80. The number of anilines is 2. The van der Waals surface area contributed by atoms with Crippen molar-refractivity contribution in [1.29, 1.82) is 5.26 Å². The standard InChI is InChI=1S/C23H24BrN3O4/c1-3-31-22-20(24)13-16(14-21(22)29-2)12-17(15-25)23(28)26-18-4-6-19(7-5-18)27-8-10-30-11-9-27/h4-7,12-14H,3,8-11H2,1-2H3,(H,26,28)/b17-12+. The Morgan fingerprint density at radius 3 is 2.61 bits per heavy atom. The number of benzene rings is 2. The van der Waals surface area contributed by atoms with Crippen LogP contribution in [-0.4, -0.2) is 45.9 Å². The average molecular weight is 486 g/mol. The van der Waals surface area contributed by atoms with Gasteiger partial charge in [0, 0.05) is 24.5 Å². The van der Waals surface area contributed by atoms with E-state index in [-0.39, 0.29) is 5.57 Å². The fraction of sp³-hybridized carbons (Fsp3) is 0.304. The van der Waals surface area contributed by atoms with Gasteiger partial charge in [-0.1, -0.05) is 0 Å². The minimum Gasteiger partial charge on any atom is -0.493 e. The number of methoxy groups -OCH3 is 1. The van der Waals surface area contributed by atoms with Crippen molar-refractivity contribution in [2.75, 3.05) is 50.2 Å². The molecule has 162 valence electrons. The molecule has 0 aliphatic carbocycles. The molecule has 8 heteroatoms. The van der Waals surface area contributed by atoms with E-state index in [0.717, 1.165) is 18.8 Å². The minimum atomic E-state index is -0.481. The predicted octanol–water partition coefficient (Wildman–Crippen LogP) is 4.24. The van der Waals surface area contributed by atoms with Gasteiger partial charge in [-0.05, 0) is 70.9 Å². The molecule has 1 N–H and O–H groups in total. The molecule has 1 heterocycles. The number of ether oxygens (including phenoxy) is 3. The summed E-state index contributed by atoms with van der Waals surface area (Å²) >= 11 is 3.45. The third-order valence-electron chi connectivity index (χ3n) is 4.72. The van der Waals surface area contributed by atoms with Gasteiger partial charge in [0.25, 0.3) is 5.91 Å². The van der Waals surface area contributed by atoms with E-state index in [9.17, 15) is 10.1 Å². The van der Waals surface area contributed by atoms with Gasteiger partial charge in [0.15, 0.2) is 11.5 Å². The van der Waals surface area contributed by atoms with Crippen molar-refractivity contribution in [3.63, 3.8) is 0 Å². The number of halogens is 1. The van der Waals surface area contributed by atoms with Gasteiger partial charge in [-0.3, -0.25) is 4.79 Å². The zero-order chi connectivity index (χ0) is 22.2. The zero-order valence-corrected chi connectivity index (χ0v) is 19.1. The van der Waals surface area contributed by atoms with Gasteiger partial charge in [0.1, 0.15) is 11.6 Å². The molecular weight excluding hydrogens is 462 g/mol. The van der Waals surface area contributed by atoms with Gasteiger partial charge in [-0.2, -0.15) is 5.26 Å². The Labute approximate surface area is 190 Å². The predicted molar refractivity (Wildman–Crippen MR) is 124 cm³/mol. The van der Waals surface area contributed by atoms with Crippen LogP contribution in [0.2, 0.25) is 0 Å². The second-order valence-corrected chi connectivity index (χ2v) is 7.59. The smallest absolute Gasteiger partial charge is 0.266 e. The number of hydrogen-bond donors (Lipinski definition) is 1. The maximum atomic E-state index is 12.6. The van der Waals surface area contributed by atoms with E-state index in [1.54, 1.807) is 12.1 Å². The number of nitrogens with one attached hydrogen (secondary N) is 1. The molecule has 0 saturated carbocycles. The third-order valence-corrected chi connectivity index (χ3v) is 5.31. The van der Waals surface area contributed by atoms with E-state index in [2.05, 4.69) is 26.1 Å². The topological polar surface area (TPSA) is 83.8 Å². The Morgan fingerprint density at radius 1 is 1.29 bits per heavy atom. The molecule has 1 amide bonds. The number of hydrogen-bond acceptors (Lipinski definition) is 6. The second-order valence-electron chi connectivity index (χ2n) is 6.74. The van der Waals surface area contributed by atoms with E-state index in [1.165, 1.54) is 13.2 Å². The first kappa shape index (κ1) is 22.7. The van der Waals surface area contributed by atoms with Crippen LogP contribution in [0.4, 0.5) is 11.4 Å². The van der Waals surface area contributed by atoms with Gasteiger partial charge in [0.05, 0.1) is 31.4 Å². The van der Waals surface area contributed by atoms with Gasteiger partial charge in [-0.15, -0.1) is 0 Å². The summed E-state index contributed by atoms with van der Waals surface area (Å²) in [5, 5.41) is 12.3. The Morgan fingerprint density at radius 2 is 2.00 bits per heavy atom. The van der Waals surface area contributed by atoms with E-state index >= 15 is 0 Å². The molecule has 0 unspecified atom stereocenters. The third kappa shape index (κ3) is 5.78. The molecule has 1 fully saturated rings. The molecule has 0 atom stereocenters. The lowest BCUT2D eigenvalue weighted by Crippen LogP contribution is -2.36. The summed E-state index contributed by atoms with van der Waals surface area (Å²) in [6.45, 7) is 5.47. The lowest BCUT2D eigenvalue weighted by Gasteiger charge is -2.28. The highest BCUT2D eigenvalue weighted by atomic mass is 79.9. The number of carbonyl (C=O) groups excluding carboxylic acids is 1. The summed E-state index contributed by atoms with van der Waals surface area (Å²) in [4.78, 5) is 14.9. The highest BCUT2D eigenvalue weighted by Gasteiger charge is 2.15. The van der Waals surface area contributed by atoms with Crippen LogP contribution in [0.15, 0.2) is 46.4 Å². The molecule has 0 bridgehead atoms. The first-order valence-corrected chi connectivity index (χ1v) is 10.7. The monoisotopic (exact) mass is 485 g/mol.